The summed E-state index contributed by atoms with van der Waals surface area (Å²) in [6.45, 7) is -0.0832. The summed E-state index contributed by atoms with van der Waals surface area (Å²) in [5, 5.41) is 5.97. The van der Waals surface area contributed by atoms with Crippen LogP contribution in [0.25, 0.3) is 10.8 Å². The van der Waals surface area contributed by atoms with Crippen molar-refractivity contribution in [1.82, 2.24) is 5.43 Å². The highest BCUT2D eigenvalue weighted by molar-refractivity contribution is 5.88. The van der Waals surface area contributed by atoms with E-state index in [4.69, 9.17) is 4.74 Å². The number of carbonyl (C=O) groups is 1. The summed E-state index contributed by atoms with van der Waals surface area (Å²) in [4.78, 5) is 11.8. The Hall–Kier alpha value is -3.14. The molecule has 0 radical (unpaired) electrons. The van der Waals surface area contributed by atoms with Crippen molar-refractivity contribution in [2.75, 3.05) is 6.61 Å². The number of nitrogens with one attached hydrogen (secondary N) is 1. The molecule has 3 aromatic carbocycles. The molecule has 0 aromatic heterocycles. The highest BCUT2D eigenvalue weighted by atomic mass is 16.5. The van der Waals surface area contributed by atoms with E-state index >= 15 is 0 Å². The first-order valence-electron chi connectivity index (χ1n) is 7.30. The van der Waals surface area contributed by atoms with Gasteiger partial charge >= 0.3 is 0 Å². The number of ether oxygens (including phenoxy) is 1. The number of fused-ring (bicyclic) bond motifs is 1. The molecule has 0 bridgehead atoms. The second-order valence-electron chi connectivity index (χ2n) is 4.97. The van der Waals surface area contributed by atoms with Gasteiger partial charge in [-0.15, -0.1) is 0 Å². The molecule has 1 amide bonds. The van der Waals surface area contributed by atoms with Gasteiger partial charge in [-0.1, -0.05) is 66.7 Å². The topological polar surface area (TPSA) is 50.7 Å². The molecule has 0 unspecified atom stereocenters. The number of amides is 1. The van der Waals surface area contributed by atoms with Crippen molar-refractivity contribution in [2.24, 2.45) is 5.10 Å². The standard InChI is InChI=1S/C19H16N2O2/c22-19(21-20-13-15-7-2-1-3-8-15)14-23-18-12-6-10-16-9-4-5-11-17(16)18/h1-13H,14H2,(H,21,22)/b20-13+. The second-order valence-corrected chi connectivity index (χ2v) is 4.97. The second kappa shape index (κ2) is 7.22. The third kappa shape index (κ3) is 3.95. The van der Waals surface area contributed by atoms with E-state index in [-0.39, 0.29) is 12.5 Å². The van der Waals surface area contributed by atoms with E-state index in [0.29, 0.717) is 5.75 Å². The molecule has 0 aliphatic rings. The fraction of sp³-hybridized carbons (Fsp3) is 0.0526. The van der Waals surface area contributed by atoms with Crippen LogP contribution in [0.15, 0.2) is 77.9 Å². The molecule has 0 spiro atoms. The molecule has 0 fully saturated rings. The molecule has 1 N–H and O–H groups in total. The molecule has 0 saturated carbocycles. The normalized spacial score (nSPS) is 10.8. The van der Waals surface area contributed by atoms with Gasteiger partial charge in [0.1, 0.15) is 5.75 Å². The third-order valence-corrected chi connectivity index (χ3v) is 3.31. The summed E-state index contributed by atoms with van der Waals surface area (Å²) in [7, 11) is 0. The Kier molecular flexibility index (Phi) is 4.64. The predicted octanol–water partition coefficient (Wildman–Crippen LogP) is 3.37. The number of hydrazone groups is 1. The first kappa shape index (κ1) is 14.8. The molecule has 114 valence electrons. The largest absolute Gasteiger partial charge is 0.483 e. The fourth-order valence-corrected chi connectivity index (χ4v) is 2.22. The van der Waals surface area contributed by atoms with Crippen LogP contribution in [0, 0.1) is 0 Å². The van der Waals surface area contributed by atoms with Gasteiger partial charge in [-0.25, -0.2) is 5.43 Å². The van der Waals surface area contributed by atoms with E-state index in [9.17, 15) is 4.79 Å². The lowest BCUT2D eigenvalue weighted by atomic mass is 10.1. The van der Waals surface area contributed by atoms with Crippen molar-refractivity contribution < 1.29 is 9.53 Å². The quantitative estimate of drug-likeness (QED) is 0.580. The summed E-state index contributed by atoms with van der Waals surface area (Å²) in [6.07, 6.45) is 1.59. The van der Waals surface area contributed by atoms with Crippen LogP contribution >= 0.6 is 0 Å². The fourth-order valence-electron chi connectivity index (χ4n) is 2.22. The average molecular weight is 304 g/mol. The van der Waals surface area contributed by atoms with Gasteiger partial charge in [-0.2, -0.15) is 5.10 Å². The molecular formula is C19H16N2O2. The highest BCUT2D eigenvalue weighted by Gasteiger charge is 2.04. The van der Waals surface area contributed by atoms with Crippen molar-refractivity contribution in [3.8, 4) is 5.75 Å². The first-order valence-corrected chi connectivity index (χ1v) is 7.30. The van der Waals surface area contributed by atoms with E-state index in [1.54, 1.807) is 6.21 Å². The number of hydrogen-bond donors (Lipinski definition) is 1. The molecule has 4 nitrogen and oxygen atoms in total. The van der Waals surface area contributed by atoms with Crippen molar-refractivity contribution in [2.45, 2.75) is 0 Å². The van der Waals surface area contributed by atoms with E-state index in [1.807, 2.05) is 72.8 Å². The Morgan fingerprint density at radius 3 is 2.57 bits per heavy atom. The Morgan fingerprint density at radius 2 is 1.70 bits per heavy atom. The van der Waals surface area contributed by atoms with E-state index < -0.39 is 0 Å². The lowest BCUT2D eigenvalue weighted by Crippen LogP contribution is -2.24. The molecule has 4 heteroatoms. The maximum atomic E-state index is 11.8. The number of carbonyl (C=O) groups excluding carboxylic acids is 1. The van der Waals surface area contributed by atoms with Gasteiger partial charge in [0.15, 0.2) is 6.61 Å². The number of hydrogen-bond acceptors (Lipinski definition) is 3. The average Bonchev–Trinajstić information content (AvgIpc) is 2.61. The van der Waals surface area contributed by atoms with Crippen LogP contribution < -0.4 is 10.2 Å². The minimum Gasteiger partial charge on any atom is -0.483 e. The molecule has 0 heterocycles. The molecule has 0 aliphatic heterocycles. The van der Waals surface area contributed by atoms with Crippen LogP contribution in [0.4, 0.5) is 0 Å². The Labute approximate surface area is 134 Å². The van der Waals surface area contributed by atoms with E-state index in [1.165, 1.54) is 0 Å². The number of rotatable bonds is 5. The zero-order chi connectivity index (χ0) is 15.9. The van der Waals surface area contributed by atoms with Crippen LogP contribution in [0.5, 0.6) is 5.75 Å². The van der Waals surface area contributed by atoms with Crippen LogP contribution in [0.3, 0.4) is 0 Å². The summed E-state index contributed by atoms with van der Waals surface area (Å²) in [5.74, 6) is 0.385. The zero-order valence-electron chi connectivity index (χ0n) is 12.5. The summed E-state index contributed by atoms with van der Waals surface area (Å²) >= 11 is 0. The van der Waals surface area contributed by atoms with Gasteiger partial charge in [0.25, 0.3) is 5.91 Å². The first-order chi connectivity index (χ1) is 11.3. The van der Waals surface area contributed by atoms with Crippen LogP contribution in [-0.2, 0) is 4.79 Å². The van der Waals surface area contributed by atoms with Gasteiger partial charge in [0, 0.05) is 5.39 Å². The third-order valence-electron chi connectivity index (χ3n) is 3.31. The van der Waals surface area contributed by atoms with E-state index in [0.717, 1.165) is 16.3 Å². The SMILES string of the molecule is O=C(COc1cccc2ccccc12)N/N=C/c1ccccc1. The van der Waals surface area contributed by atoms with Crippen molar-refractivity contribution in [3.05, 3.63) is 78.4 Å². The van der Waals surface area contributed by atoms with E-state index in [2.05, 4.69) is 10.5 Å². The van der Waals surface area contributed by atoms with Gasteiger partial charge in [0.2, 0.25) is 0 Å². The Bertz CT molecular complexity index is 824. The minimum atomic E-state index is -0.301. The molecule has 0 aliphatic carbocycles. The van der Waals surface area contributed by atoms with Gasteiger partial charge in [-0.3, -0.25) is 4.79 Å². The monoisotopic (exact) mass is 304 g/mol. The lowest BCUT2D eigenvalue weighted by molar-refractivity contribution is -0.123. The summed E-state index contributed by atoms with van der Waals surface area (Å²) < 4.78 is 5.60. The van der Waals surface area contributed by atoms with Gasteiger partial charge < -0.3 is 4.74 Å². The summed E-state index contributed by atoms with van der Waals surface area (Å²) in [6, 6.07) is 23.2. The lowest BCUT2D eigenvalue weighted by Gasteiger charge is -2.08. The number of nitrogens with zero attached hydrogens (tertiary/aromatic N) is 1. The zero-order valence-corrected chi connectivity index (χ0v) is 12.5. The molecule has 0 atom stereocenters. The highest BCUT2D eigenvalue weighted by Crippen LogP contribution is 2.24. The van der Waals surface area contributed by atoms with Crippen molar-refractivity contribution in [3.63, 3.8) is 0 Å². The molecule has 23 heavy (non-hydrogen) atoms. The maximum absolute atomic E-state index is 11.8. The summed E-state index contributed by atoms with van der Waals surface area (Å²) in [5.41, 5.74) is 3.37. The molecule has 3 aromatic rings. The Balaban J connectivity index is 1.57. The number of benzene rings is 3. The molecule has 0 saturated heterocycles. The van der Waals surface area contributed by atoms with Gasteiger partial charge in [0.05, 0.1) is 6.21 Å². The van der Waals surface area contributed by atoms with Crippen LogP contribution in [-0.4, -0.2) is 18.7 Å². The smallest absolute Gasteiger partial charge is 0.277 e. The minimum absolute atomic E-state index is 0.0832. The van der Waals surface area contributed by atoms with Crippen molar-refractivity contribution >= 4 is 22.9 Å². The van der Waals surface area contributed by atoms with Crippen LogP contribution in [0.2, 0.25) is 0 Å². The molecule has 3 rings (SSSR count). The van der Waals surface area contributed by atoms with Crippen molar-refractivity contribution in [1.29, 1.82) is 0 Å². The maximum Gasteiger partial charge on any atom is 0.277 e. The Morgan fingerprint density at radius 1 is 0.957 bits per heavy atom. The van der Waals surface area contributed by atoms with Gasteiger partial charge in [-0.05, 0) is 17.0 Å². The van der Waals surface area contributed by atoms with Crippen LogP contribution in [0.1, 0.15) is 5.56 Å². The predicted molar refractivity (Wildman–Crippen MR) is 91.6 cm³/mol. The molecular weight excluding hydrogens is 288 g/mol.